The summed E-state index contributed by atoms with van der Waals surface area (Å²) < 4.78 is 40.4. The molecule has 0 saturated heterocycles. The molecular weight excluding hydrogens is 307 g/mol. The lowest BCUT2D eigenvalue weighted by molar-refractivity contribution is 0.0696. The van der Waals surface area contributed by atoms with E-state index in [9.17, 15) is 18.0 Å². The van der Waals surface area contributed by atoms with E-state index in [-0.39, 0.29) is 33.7 Å². The van der Waals surface area contributed by atoms with Crippen molar-refractivity contribution < 1.29 is 23.1 Å². The molecule has 0 aromatic heterocycles. The Labute approximate surface area is 129 Å². The Balaban J connectivity index is 2.43. The minimum Gasteiger partial charge on any atom is -0.478 e. The minimum absolute atomic E-state index is 0.0464. The third-order valence-electron chi connectivity index (χ3n) is 3.74. The van der Waals surface area contributed by atoms with Crippen molar-refractivity contribution in [1.29, 1.82) is 0 Å². The van der Waals surface area contributed by atoms with Gasteiger partial charge in [-0.15, -0.1) is 0 Å². The second-order valence-corrected chi connectivity index (χ2v) is 5.10. The topological polar surface area (TPSA) is 49.3 Å². The highest BCUT2D eigenvalue weighted by Crippen LogP contribution is 2.17. The molecule has 0 fully saturated rings. The quantitative estimate of drug-likeness (QED) is 0.905. The van der Waals surface area contributed by atoms with E-state index < -0.39 is 18.2 Å². The highest BCUT2D eigenvalue weighted by molar-refractivity contribution is 5.88. The Hall–Kier alpha value is -2.76. The van der Waals surface area contributed by atoms with E-state index in [2.05, 4.69) is 5.32 Å². The maximum atomic E-state index is 14.1. The molecule has 1 aliphatic rings. The van der Waals surface area contributed by atoms with Gasteiger partial charge < -0.3 is 10.4 Å². The van der Waals surface area contributed by atoms with E-state index in [1.54, 1.807) is 6.07 Å². The number of hydrogen-bond acceptors (Lipinski definition) is 2. The summed E-state index contributed by atoms with van der Waals surface area (Å²) in [5, 5.41) is 12.4. The van der Waals surface area contributed by atoms with Gasteiger partial charge in [0, 0.05) is 22.9 Å². The molecule has 2 aromatic carbocycles. The Morgan fingerprint density at radius 1 is 1.13 bits per heavy atom. The van der Waals surface area contributed by atoms with Gasteiger partial charge in [-0.05, 0) is 29.5 Å². The van der Waals surface area contributed by atoms with Crippen LogP contribution < -0.4 is 15.8 Å². The van der Waals surface area contributed by atoms with Crippen LogP contribution in [-0.2, 0) is 0 Å². The van der Waals surface area contributed by atoms with E-state index >= 15 is 0 Å². The minimum atomic E-state index is -2.68. The molecule has 0 amide bonds. The number of carboxylic acids is 1. The second-order valence-electron chi connectivity index (χ2n) is 5.10. The van der Waals surface area contributed by atoms with Crippen LogP contribution >= 0.6 is 0 Å². The number of nitrogens with one attached hydrogen (secondary N) is 1. The molecule has 0 spiro atoms. The van der Waals surface area contributed by atoms with Gasteiger partial charge in [-0.1, -0.05) is 18.2 Å². The fourth-order valence-corrected chi connectivity index (χ4v) is 2.64. The van der Waals surface area contributed by atoms with Crippen molar-refractivity contribution in [2.24, 2.45) is 0 Å². The predicted molar refractivity (Wildman–Crippen MR) is 79.0 cm³/mol. The zero-order chi connectivity index (χ0) is 16.6. The van der Waals surface area contributed by atoms with Gasteiger partial charge in [0.15, 0.2) is 0 Å². The lowest BCUT2D eigenvalue weighted by Gasteiger charge is -2.20. The van der Waals surface area contributed by atoms with Crippen LogP contribution in [0.25, 0.3) is 11.3 Å². The summed E-state index contributed by atoms with van der Waals surface area (Å²) in [4.78, 5) is 11.2. The molecule has 0 radical (unpaired) electrons. The normalized spacial score (nSPS) is 13.7. The molecule has 3 rings (SSSR count). The number of fused-ring (bicyclic) bond motifs is 1. The molecule has 118 valence electrons. The van der Waals surface area contributed by atoms with Gasteiger partial charge in [-0.3, -0.25) is 0 Å². The van der Waals surface area contributed by atoms with Crippen LogP contribution in [-0.4, -0.2) is 24.0 Å². The smallest absolute Gasteiger partial charge is 0.335 e. The molecule has 0 saturated carbocycles. The SMILES string of the molecule is O=C(O)c1ccc2c(c1)=C(c1ccccc1F)NCC=2C(F)F. The highest BCUT2D eigenvalue weighted by Gasteiger charge is 2.20. The Morgan fingerprint density at radius 3 is 2.52 bits per heavy atom. The van der Waals surface area contributed by atoms with Gasteiger partial charge >= 0.3 is 5.97 Å². The third kappa shape index (κ3) is 2.67. The van der Waals surface area contributed by atoms with Crippen molar-refractivity contribution in [3.05, 3.63) is 69.8 Å². The van der Waals surface area contributed by atoms with E-state index in [0.29, 0.717) is 5.70 Å². The van der Waals surface area contributed by atoms with E-state index in [1.165, 1.54) is 36.4 Å². The summed E-state index contributed by atoms with van der Waals surface area (Å²) in [6.07, 6.45) is -2.68. The zero-order valence-electron chi connectivity index (χ0n) is 11.8. The number of hydrogen-bond donors (Lipinski definition) is 2. The Morgan fingerprint density at radius 2 is 1.87 bits per heavy atom. The van der Waals surface area contributed by atoms with Gasteiger partial charge in [-0.2, -0.15) is 0 Å². The molecule has 0 bridgehead atoms. The van der Waals surface area contributed by atoms with Crippen molar-refractivity contribution in [3.8, 4) is 0 Å². The molecule has 6 heteroatoms. The first-order valence-corrected chi connectivity index (χ1v) is 6.86. The van der Waals surface area contributed by atoms with E-state index in [0.717, 1.165) is 0 Å². The zero-order valence-corrected chi connectivity index (χ0v) is 11.8. The molecule has 1 aliphatic heterocycles. The first kappa shape index (κ1) is 15.1. The maximum absolute atomic E-state index is 14.1. The molecular formula is C17H12F3NO2. The average molecular weight is 319 g/mol. The second kappa shape index (κ2) is 5.79. The average Bonchev–Trinajstić information content (AvgIpc) is 2.53. The Kier molecular flexibility index (Phi) is 3.82. The predicted octanol–water partition coefficient (Wildman–Crippen LogP) is 1.70. The fourth-order valence-electron chi connectivity index (χ4n) is 2.64. The lowest BCUT2D eigenvalue weighted by Crippen LogP contribution is -2.43. The summed E-state index contributed by atoms with van der Waals surface area (Å²) >= 11 is 0. The molecule has 23 heavy (non-hydrogen) atoms. The van der Waals surface area contributed by atoms with E-state index in [1.807, 2.05) is 0 Å². The summed E-state index contributed by atoms with van der Waals surface area (Å²) in [5.41, 5.74) is 0.335. The van der Waals surface area contributed by atoms with Crippen LogP contribution in [0.2, 0.25) is 0 Å². The standard InChI is InChI=1S/C17H12F3NO2/c18-14-4-2-1-3-11(14)15-12-7-9(17(22)23)5-6-10(12)13(8-21-15)16(19)20/h1-7,16,21H,8H2,(H,22,23). The number of carboxylic acid groups (broad SMARTS) is 1. The monoisotopic (exact) mass is 319 g/mol. The molecule has 0 atom stereocenters. The van der Waals surface area contributed by atoms with Crippen LogP contribution in [0.4, 0.5) is 13.2 Å². The molecule has 0 unspecified atom stereocenters. The van der Waals surface area contributed by atoms with Crippen molar-refractivity contribution in [1.82, 2.24) is 5.32 Å². The summed E-state index contributed by atoms with van der Waals surface area (Å²) in [6.45, 7) is -0.124. The Bertz CT molecular complexity index is 906. The molecule has 2 aromatic rings. The third-order valence-corrected chi connectivity index (χ3v) is 3.74. The van der Waals surface area contributed by atoms with Crippen LogP contribution in [0.5, 0.6) is 0 Å². The van der Waals surface area contributed by atoms with Gasteiger partial charge in [0.2, 0.25) is 0 Å². The van der Waals surface area contributed by atoms with Crippen LogP contribution in [0.15, 0.2) is 42.5 Å². The molecule has 2 N–H and O–H groups in total. The van der Waals surface area contributed by atoms with Crippen molar-refractivity contribution >= 4 is 17.2 Å². The van der Waals surface area contributed by atoms with Gasteiger partial charge in [0.1, 0.15) is 5.82 Å². The number of rotatable bonds is 3. The van der Waals surface area contributed by atoms with E-state index in [4.69, 9.17) is 5.11 Å². The highest BCUT2D eigenvalue weighted by atomic mass is 19.3. The van der Waals surface area contributed by atoms with Crippen LogP contribution in [0.1, 0.15) is 15.9 Å². The fraction of sp³-hybridized carbons (Fsp3) is 0.118. The molecule has 3 nitrogen and oxygen atoms in total. The van der Waals surface area contributed by atoms with Crippen molar-refractivity contribution in [2.45, 2.75) is 6.43 Å². The maximum Gasteiger partial charge on any atom is 0.335 e. The number of aromatic carboxylic acids is 1. The summed E-state index contributed by atoms with van der Waals surface area (Å²) in [5.74, 6) is -1.69. The van der Waals surface area contributed by atoms with Crippen molar-refractivity contribution in [3.63, 3.8) is 0 Å². The van der Waals surface area contributed by atoms with Crippen LogP contribution in [0.3, 0.4) is 0 Å². The van der Waals surface area contributed by atoms with Crippen molar-refractivity contribution in [2.75, 3.05) is 6.54 Å². The van der Waals surface area contributed by atoms with Gasteiger partial charge in [-0.25, -0.2) is 18.0 Å². The first-order valence-electron chi connectivity index (χ1n) is 6.86. The first-order chi connectivity index (χ1) is 11.0. The number of halogens is 3. The van der Waals surface area contributed by atoms with Gasteiger partial charge in [0.05, 0.1) is 11.3 Å². The number of alkyl halides is 2. The summed E-state index contributed by atoms with van der Waals surface area (Å²) in [6, 6.07) is 9.83. The summed E-state index contributed by atoms with van der Waals surface area (Å²) in [7, 11) is 0. The largest absolute Gasteiger partial charge is 0.478 e. The number of benzene rings is 2. The lowest BCUT2D eigenvalue weighted by atomic mass is 9.99. The number of carbonyl (C=O) groups is 1. The molecule has 0 aliphatic carbocycles. The van der Waals surface area contributed by atoms with Gasteiger partial charge in [0.25, 0.3) is 6.43 Å². The van der Waals surface area contributed by atoms with Crippen LogP contribution in [0, 0.1) is 5.82 Å². The molecule has 1 heterocycles.